The van der Waals surface area contributed by atoms with Gasteiger partial charge in [-0.1, -0.05) is 12.1 Å². The van der Waals surface area contributed by atoms with Gasteiger partial charge in [-0.05, 0) is 31.5 Å². The number of benzene rings is 1. The minimum absolute atomic E-state index is 0.00475. The third-order valence-corrected chi connectivity index (χ3v) is 2.50. The Kier molecular flexibility index (Phi) is 4.29. The maximum Gasteiger partial charge on any atom is 0.115 e. The third kappa shape index (κ3) is 3.81. The van der Waals surface area contributed by atoms with Crippen LogP contribution in [0, 0.1) is 0 Å². The average molecular weight is 225 g/mol. The summed E-state index contributed by atoms with van der Waals surface area (Å²) in [5.74, 6) is 0.222. The van der Waals surface area contributed by atoms with Crippen molar-refractivity contribution in [1.82, 2.24) is 5.32 Å². The highest BCUT2D eigenvalue weighted by Gasteiger charge is 2.19. The van der Waals surface area contributed by atoms with Gasteiger partial charge in [-0.25, -0.2) is 0 Å². The molecule has 1 rings (SSSR count). The lowest BCUT2D eigenvalue weighted by molar-refractivity contribution is 0.00106. The number of hydrogen-bond donors (Lipinski definition) is 4. The Morgan fingerprint density at radius 2 is 2.12 bits per heavy atom. The molecule has 1 aromatic rings. The van der Waals surface area contributed by atoms with Crippen LogP contribution >= 0.6 is 0 Å². The van der Waals surface area contributed by atoms with E-state index in [2.05, 4.69) is 5.32 Å². The van der Waals surface area contributed by atoms with E-state index in [9.17, 15) is 10.2 Å². The van der Waals surface area contributed by atoms with Gasteiger partial charge in [-0.15, -0.1) is 0 Å². The normalized spacial score (nSPS) is 16.8. The minimum Gasteiger partial charge on any atom is -0.508 e. The van der Waals surface area contributed by atoms with E-state index in [1.165, 1.54) is 0 Å². The highest BCUT2D eigenvalue weighted by molar-refractivity contribution is 5.29. The summed E-state index contributed by atoms with van der Waals surface area (Å²) >= 11 is 0. The zero-order chi connectivity index (χ0) is 12.2. The zero-order valence-corrected chi connectivity index (χ0v) is 9.64. The molecule has 0 aliphatic carbocycles. The van der Waals surface area contributed by atoms with E-state index in [1.807, 2.05) is 13.0 Å². The lowest BCUT2D eigenvalue weighted by atomic mass is 10.1. The smallest absolute Gasteiger partial charge is 0.115 e. The van der Waals surface area contributed by atoms with E-state index in [-0.39, 0.29) is 18.4 Å². The molecule has 1 aromatic carbocycles. The van der Waals surface area contributed by atoms with E-state index in [1.54, 1.807) is 25.1 Å². The molecule has 0 fully saturated rings. The molecule has 0 saturated heterocycles. The second-order valence-electron chi connectivity index (χ2n) is 4.35. The third-order valence-electron chi connectivity index (χ3n) is 2.50. The second kappa shape index (κ2) is 5.30. The lowest BCUT2D eigenvalue weighted by Gasteiger charge is -2.24. The van der Waals surface area contributed by atoms with Crippen molar-refractivity contribution in [3.8, 4) is 5.75 Å². The average Bonchev–Trinajstić information content (AvgIpc) is 2.26. The fourth-order valence-electron chi connectivity index (χ4n) is 1.34. The molecule has 90 valence electrons. The molecule has 2 unspecified atom stereocenters. The molecule has 2 atom stereocenters. The molecule has 4 nitrogen and oxygen atoms in total. The van der Waals surface area contributed by atoms with Gasteiger partial charge in [0.25, 0.3) is 0 Å². The molecule has 16 heavy (non-hydrogen) atoms. The maximum absolute atomic E-state index is 9.61. The standard InChI is InChI=1S/C12H19NO3/c1-9(13-7-12(2,16)8-14)10-4-3-5-11(15)6-10/h3-6,9,13-16H,7-8H2,1-2H3. The van der Waals surface area contributed by atoms with Gasteiger partial charge in [0.1, 0.15) is 5.75 Å². The van der Waals surface area contributed by atoms with Crippen LogP contribution in [-0.4, -0.2) is 34.1 Å². The summed E-state index contributed by atoms with van der Waals surface area (Å²) in [5, 5.41) is 30.9. The molecule has 0 spiro atoms. The SMILES string of the molecule is CC(NCC(C)(O)CO)c1cccc(O)c1. The molecule has 0 saturated carbocycles. The lowest BCUT2D eigenvalue weighted by Crippen LogP contribution is -2.41. The molecular formula is C12H19NO3. The summed E-state index contributed by atoms with van der Waals surface area (Å²) in [6.07, 6.45) is 0. The number of phenols is 1. The number of rotatable bonds is 5. The predicted molar refractivity (Wildman–Crippen MR) is 62.2 cm³/mol. The number of hydrogen-bond acceptors (Lipinski definition) is 4. The second-order valence-corrected chi connectivity index (χ2v) is 4.35. The Bertz CT molecular complexity index is 339. The Hall–Kier alpha value is -1.10. The Morgan fingerprint density at radius 1 is 1.44 bits per heavy atom. The van der Waals surface area contributed by atoms with Crippen LogP contribution in [-0.2, 0) is 0 Å². The molecule has 0 bridgehead atoms. The number of aromatic hydroxyl groups is 1. The predicted octanol–water partition coefficient (Wildman–Crippen LogP) is 0.786. The van der Waals surface area contributed by atoms with Gasteiger partial charge in [0.2, 0.25) is 0 Å². The zero-order valence-electron chi connectivity index (χ0n) is 9.64. The highest BCUT2D eigenvalue weighted by Crippen LogP contribution is 2.18. The van der Waals surface area contributed by atoms with Gasteiger partial charge in [-0.2, -0.15) is 0 Å². The Balaban J connectivity index is 2.56. The first-order valence-electron chi connectivity index (χ1n) is 5.30. The first-order chi connectivity index (χ1) is 7.44. The number of phenolic OH excluding ortho intramolecular Hbond substituents is 1. The molecule has 4 N–H and O–H groups in total. The monoisotopic (exact) mass is 225 g/mol. The largest absolute Gasteiger partial charge is 0.508 e. The van der Waals surface area contributed by atoms with Crippen LogP contribution < -0.4 is 5.32 Å². The maximum atomic E-state index is 9.61. The van der Waals surface area contributed by atoms with Crippen molar-refractivity contribution in [2.75, 3.05) is 13.2 Å². The highest BCUT2D eigenvalue weighted by atomic mass is 16.3. The Labute approximate surface area is 95.6 Å². The van der Waals surface area contributed by atoms with E-state index >= 15 is 0 Å². The van der Waals surface area contributed by atoms with Crippen molar-refractivity contribution in [2.45, 2.75) is 25.5 Å². The molecule has 0 aliphatic rings. The summed E-state index contributed by atoms with van der Waals surface area (Å²) in [6.45, 7) is 3.50. The number of aliphatic hydroxyl groups is 2. The van der Waals surface area contributed by atoms with Crippen LogP contribution in [0.4, 0.5) is 0 Å². The van der Waals surface area contributed by atoms with Gasteiger partial charge in [0, 0.05) is 12.6 Å². The molecule has 0 amide bonds. The molecular weight excluding hydrogens is 206 g/mol. The van der Waals surface area contributed by atoms with Crippen molar-refractivity contribution >= 4 is 0 Å². The fraction of sp³-hybridized carbons (Fsp3) is 0.500. The molecule has 0 aromatic heterocycles. The first-order valence-corrected chi connectivity index (χ1v) is 5.30. The van der Waals surface area contributed by atoms with Gasteiger partial charge < -0.3 is 20.6 Å². The summed E-state index contributed by atoms with van der Waals surface area (Å²) in [6, 6.07) is 6.95. The van der Waals surface area contributed by atoms with Crippen molar-refractivity contribution in [3.05, 3.63) is 29.8 Å². The van der Waals surface area contributed by atoms with Crippen LogP contribution in [0.5, 0.6) is 5.75 Å². The van der Waals surface area contributed by atoms with E-state index in [0.717, 1.165) is 5.56 Å². The van der Waals surface area contributed by atoms with Crippen molar-refractivity contribution in [3.63, 3.8) is 0 Å². The fourth-order valence-corrected chi connectivity index (χ4v) is 1.34. The molecule has 4 heteroatoms. The summed E-state index contributed by atoms with van der Waals surface area (Å²) in [4.78, 5) is 0. The number of nitrogens with one attached hydrogen (secondary N) is 1. The van der Waals surface area contributed by atoms with Gasteiger partial charge in [-0.3, -0.25) is 0 Å². The van der Waals surface area contributed by atoms with Gasteiger partial charge >= 0.3 is 0 Å². The topological polar surface area (TPSA) is 72.7 Å². The number of aliphatic hydroxyl groups excluding tert-OH is 1. The molecule has 0 radical (unpaired) electrons. The van der Waals surface area contributed by atoms with Crippen LogP contribution in [0.2, 0.25) is 0 Å². The summed E-state index contributed by atoms with van der Waals surface area (Å²) in [7, 11) is 0. The Morgan fingerprint density at radius 3 is 2.69 bits per heavy atom. The van der Waals surface area contributed by atoms with E-state index < -0.39 is 5.60 Å². The van der Waals surface area contributed by atoms with Crippen molar-refractivity contribution in [1.29, 1.82) is 0 Å². The molecule has 0 heterocycles. The van der Waals surface area contributed by atoms with Crippen LogP contribution in [0.1, 0.15) is 25.5 Å². The first kappa shape index (κ1) is 13.0. The van der Waals surface area contributed by atoms with Crippen LogP contribution in [0.15, 0.2) is 24.3 Å². The van der Waals surface area contributed by atoms with E-state index in [4.69, 9.17) is 5.11 Å². The van der Waals surface area contributed by atoms with Crippen LogP contribution in [0.3, 0.4) is 0 Å². The summed E-state index contributed by atoms with van der Waals surface area (Å²) < 4.78 is 0. The van der Waals surface area contributed by atoms with Crippen molar-refractivity contribution in [2.24, 2.45) is 0 Å². The van der Waals surface area contributed by atoms with Gasteiger partial charge in [0.05, 0.1) is 12.2 Å². The van der Waals surface area contributed by atoms with Crippen molar-refractivity contribution < 1.29 is 15.3 Å². The van der Waals surface area contributed by atoms with Crippen LogP contribution in [0.25, 0.3) is 0 Å². The van der Waals surface area contributed by atoms with Gasteiger partial charge in [0.15, 0.2) is 0 Å². The summed E-state index contributed by atoms with van der Waals surface area (Å²) in [5.41, 5.74) is -0.181. The quantitative estimate of drug-likeness (QED) is 0.597. The van der Waals surface area contributed by atoms with E-state index in [0.29, 0.717) is 6.54 Å². The molecule has 0 aliphatic heterocycles. The minimum atomic E-state index is -1.12.